The number of nitrogen functional groups attached to an aromatic ring is 1. The van der Waals surface area contributed by atoms with E-state index in [9.17, 15) is 4.79 Å². The van der Waals surface area contributed by atoms with Gasteiger partial charge in [-0.1, -0.05) is 13.0 Å². The molecule has 0 aliphatic rings. The Balaban J connectivity index is 2.66. The predicted octanol–water partition coefficient (Wildman–Crippen LogP) is 0.956. The number of carbonyl (C=O) groups excluding carboxylic acids is 1. The molecule has 0 atom stereocenters. The second kappa shape index (κ2) is 5.24. The minimum Gasteiger partial charge on any atom is -0.482 e. The van der Waals surface area contributed by atoms with Crippen LogP contribution in [-0.2, 0) is 11.2 Å². The van der Waals surface area contributed by atoms with Crippen LogP contribution in [0.15, 0.2) is 18.2 Å². The summed E-state index contributed by atoms with van der Waals surface area (Å²) in [6.45, 7) is 2.05. The highest BCUT2D eigenvalue weighted by atomic mass is 16.5. The third-order valence-corrected chi connectivity index (χ3v) is 2.12. The van der Waals surface area contributed by atoms with Crippen LogP contribution in [0.1, 0.15) is 12.5 Å². The maximum atomic E-state index is 10.9. The summed E-state index contributed by atoms with van der Waals surface area (Å²) in [6, 6.07) is 5.59. The van der Waals surface area contributed by atoms with Gasteiger partial charge in [0.2, 0.25) is 0 Å². The fraction of sp³-hybridized carbons (Fsp3) is 0.364. The molecule has 0 unspecified atom stereocenters. The number of rotatable bonds is 4. The highest BCUT2D eigenvalue weighted by molar-refractivity contribution is 5.77. The highest BCUT2D eigenvalue weighted by Crippen LogP contribution is 2.22. The average molecular weight is 208 g/mol. The molecule has 0 saturated heterocycles. The molecule has 0 fully saturated rings. The molecule has 1 aromatic carbocycles. The number of carbonyl (C=O) groups is 1. The van der Waals surface area contributed by atoms with Gasteiger partial charge in [-0.3, -0.25) is 4.79 Å². The van der Waals surface area contributed by atoms with Crippen molar-refractivity contribution < 1.29 is 9.53 Å². The van der Waals surface area contributed by atoms with E-state index in [0.29, 0.717) is 11.4 Å². The predicted molar refractivity (Wildman–Crippen MR) is 59.8 cm³/mol. The van der Waals surface area contributed by atoms with Crippen LogP contribution in [0.3, 0.4) is 0 Å². The van der Waals surface area contributed by atoms with Crippen molar-refractivity contribution in [1.29, 1.82) is 0 Å². The Labute approximate surface area is 89.4 Å². The first-order valence-corrected chi connectivity index (χ1v) is 4.89. The largest absolute Gasteiger partial charge is 0.482 e. The van der Waals surface area contributed by atoms with E-state index in [-0.39, 0.29) is 12.5 Å². The van der Waals surface area contributed by atoms with Gasteiger partial charge in [-0.05, 0) is 24.1 Å². The Morgan fingerprint density at radius 3 is 2.80 bits per heavy atom. The number of likely N-dealkylation sites (N-methyl/N-ethyl adjacent to an activating group) is 1. The third kappa shape index (κ3) is 3.16. The van der Waals surface area contributed by atoms with Gasteiger partial charge < -0.3 is 15.8 Å². The number of benzene rings is 1. The summed E-state index contributed by atoms with van der Waals surface area (Å²) in [4.78, 5) is 10.9. The molecule has 1 aromatic rings. The van der Waals surface area contributed by atoms with Crippen LogP contribution in [-0.4, -0.2) is 19.6 Å². The van der Waals surface area contributed by atoms with Crippen LogP contribution < -0.4 is 15.8 Å². The van der Waals surface area contributed by atoms with E-state index in [0.717, 1.165) is 12.0 Å². The molecular formula is C11H16N2O2. The fourth-order valence-electron chi connectivity index (χ4n) is 1.16. The lowest BCUT2D eigenvalue weighted by atomic mass is 10.1. The van der Waals surface area contributed by atoms with Gasteiger partial charge in [0.15, 0.2) is 6.61 Å². The number of amides is 1. The Morgan fingerprint density at radius 2 is 2.27 bits per heavy atom. The highest BCUT2D eigenvalue weighted by Gasteiger charge is 2.03. The van der Waals surface area contributed by atoms with Gasteiger partial charge in [-0.15, -0.1) is 0 Å². The molecule has 0 aliphatic carbocycles. The summed E-state index contributed by atoms with van der Waals surface area (Å²) >= 11 is 0. The summed E-state index contributed by atoms with van der Waals surface area (Å²) in [6.07, 6.45) is 0.930. The number of nitrogens with one attached hydrogen (secondary N) is 1. The Bertz CT molecular complexity index is 350. The number of anilines is 1. The first-order valence-electron chi connectivity index (χ1n) is 4.89. The zero-order valence-electron chi connectivity index (χ0n) is 9.04. The molecule has 0 aliphatic heterocycles. The quantitative estimate of drug-likeness (QED) is 0.724. The van der Waals surface area contributed by atoms with Crippen LogP contribution in [0.25, 0.3) is 0 Å². The molecular weight excluding hydrogens is 192 g/mol. The lowest BCUT2D eigenvalue weighted by molar-refractivity contribution is -0.122. The number of aryl methyl sites for hydroxylation is 1. The molecule has 1 rings (SSSR count). The van der Waals surface area contributed by atoms with E-state index in [2.05, 4.69) is 12.2 Å². The Morgan fingerprint density at radius 1 is 1.53 bits per heavy atom. The average Bonchev–Trinajstić information content (AvgIpc) is 2.26. The fourth-order valence-corrected chi connectivity index (χ4v) is 1.16. The third-order valence-electron chi connectivity index (χ3n) is 2.12. The topological polar surface area (TPSA) is 64.3 Å². The molecule has 0 radical (unpaired) electrons. The molecule has 0 saturated carbocycles. The van der Waals surface area contributed by atoms with Crippen LogP contribution in [0.2, 0.25) is 0 Å². The molecule has 3 N–H and O–H groups in total. The van der Waals surface area contributed by atoms with Crippen molar-refractivity contribution in [2.45, 2.75) is 13.3 Å². The standard InChI is InChI=1S/C11H16N2O2/c1-3-8-4-5-10(9(12)6-8)15-7-11(14)13-2/h4-6H,3,7,12H2,1-2H3,(H,13,14). The minimum absolute atomic E-state index is 0.00777. The first-order chi connectivity index (χ1) is 7.17. The van der Waals surface area contributed by atoms with Crippen molar-refractivity contribution >= 4 is 11.6 Å². The number of ether oxygens (including phenoxy) is 1. The number of nitrogens with two attached hydrogens (primary N) is 1. The molecule has 0 aromatic heterocycles. The van der Waals surface area contributed by atoms with E-state index in [1.165, 1.54) is 0 Å². The molecule has 0 spiro atoms. The van der Waals surface area contributed by atoms with Crippen molar-refractivity contribution in [1.82, 2.24) is 5.32 Å². The molecule has 4 heteroatoms. The SMILES string of the molecule is CCc1ccc(OCC(=O)NC)c(N)c1. The number of hydrogen-bond donors (Lipinski definition) is 2. The molecule has 4 nitrogen and oxygen atoms in total. The van der Waals surface area contributed by atoms with E-state index in [1.54, 1.807) is 13.1 Å². The van der Waals surface area contributed by atoms with E-state index >= 15 is 0 Å². The maximum absolute atomic E-state index is 10.9. The van der Waals surface area contributed by atoms with Crippen LogP contribution in [0.5, 0.6) is 5.75 Å². The Hall–Kier alpha value is -1.71. The van der Waals surface area contributed by atoms with Crippen LogP contribution in [0, 0.1) is 0 Å². The molecule has 0 heterocycles. The van der Waals surface area contributed by atoms with E-state index in [1.807, 2.05) is 12.1 Å². The Kier molecular flexibility index (Phi) is 3.97. The van der Waals surface area contributed by atoms with Crippen molar-refractivity contribution in [2.24, 2.45) is 0 Å². The summed E-state index contributed by atoms with van der Waals surface area (Å²) in [5.41, 5.74) is 7.49. The van der Waals surface area contributed by atoms with Gasteiger partial charge in [-0.2, -0.15) is 0 Å². The second-order valence-corrected chi connectivity index (χ2v) is 3.19. The van der Waals surface area contributed by atoms with E-state index in [4.69, 9.17) is 10.5 Å². The lowest BCUT2D eigenvalue weighted by Gasteiger charge is -2.08. The van der Waals surface area contributed by atoms with Crippen LogP contribution in [0.4, 0.5) is 5.69 Å². The summed E-state index contributed by atoms with van der Waals surface area (Å²) in [7, 11) is 1.56. The minimum atomic E-state index is -0.172. The molecule has 82 valence electrons. The van der Waals surface area contributed by atoms with Gasteiger partial charge >= 0.3 is 0 Å². The van der Waals surface area contributed by atoms with Crippen molar-refractivity contribution in [3.63, 3.8) is 0 Å². The second-order valence-electron chi connectivity index (χ2n) is 3.19. The van der Waals surface area contributed by atoms with Crippen molar-refractivity contribution in [3.8, 4) is 5.75 Å². The van der Waals surface area contributed by atoms with Crippen LogP contribution >= 0.6 is 0 Å². The first kappa shape index (κ1) is 11.4. The summed E-state index contributed by atoms with van der Waals surface area (Å²) in [5.74, 6) is 0.379. The van der Waals surface area contributed by atoms with Crippen molar-refractivity contribution in [3.05, 3.63) is 23.8 Å². The molecule has 0 bridgehead atoms. The molecule has 15 heavy (non-hydrogen) atoms. The zero-order chi connectivity index (χ0) is 11.3. The zero-order valence-corrected chi connectivity index (χ0v) is 9.04. The molecule has 1 amide bonds. The van der Waals surface area contributed by atoms with Gasteiger partial charge in [0, 0.05) is 7.05 Å². The summed E-state index contributed by atoms with van der Waals surface area (Å²) < 4.78 is 5.25. The van der Waals surface area contributed by atoms with Crippen molar-refractivity contribution in [2.75, 3.05) is 19.4 Å². The van der Waals surface area contributed by atoms with Gasteiger partial charge in [0.1, 0.15) is 5.75 Å². The smallest absolute Gasteiger partial charge is 0.257 e. The van der Waals surface area contributed by atoms with Gasteiger partial charge in [-0.25, -0.2) is 0 Å². The monoisotopic (exact) mass is 208 g/mol. The summed E-state index contributed by atoms with van der Waals surface area (Å²) in [5, 5.41) is 2.47. The lowest BCUT2D eigenvalue weighted by Crippen LogP contribution is -2.25. The maximum Gasteiger partial charge on any atom is 0.257 e. The van der Waals surface area contributed by atoms with Gasteiger partial charge in [0.25, 0.3) is 5.91 Å². The van der Waals surface area contributed by atoms with Gasteiger partial charge in [0.05, 0.1) is 5.69 Å². The number of hydrogen-bond acceptors (Lipinski definition) is 3. The normalized spacial score (nSPS) is 9.73. The van der Waals surface area contributed by atoms with E-state index < -0.39 is 0 Å².